The zero-order chi connectivity index (χ0) is 36.2. The summed E-state index contributed by atoms with van der Waals surface area (Å²) in [6.07, 6.45) is 1.06. The summed E-state index contributed by atoms with van der Waals surface area (Å²) < 4.78 is 65.8. The van der Waals surface area contributed by atoms with Crippen LogP contribution < -0.4 is 4.74 Å². The second kappa shape index (κ2) is 13.5. The SMILES string of the molecule is C=CC(=O)N1CCn2nc(-c3nc(-c4cnc5c(c4)CN(CC(F)F)CC5)c4ccsc4c3-c3c(F)cc(F)cc3OCC(C)(C)O)cc2[C@H]1C. The van der Waals surface area contributed by atoms with Crippen molar-refractivity contribution in [3.8, 4) is 39.5 Å². The normalized spacial score (nSPS) is 16.4. The van der Waals surface area contributed by atoms with Crippen molar-refractivity contribution in [1.82, 2.24) is 29.5 Å². The van der Waals surface area contributed by atoms with E-state index in [0.29, 0.717) is 65.2 Å². The molecule has 0 radical (unpaired) electrons. The van der Waals surface area contributed by atoms with E-state index in [1.54, 1.807) is 20.7 Å². The van der Waals surface area contributed by atoms with Crippen LogP contribution in [-0.2, 0) is 24.3 Å². The van der Waals surface area contributed by atoms with Crippen LogP contribution in [0.1, 0.15) is 43.8 Å². The lowest BCUT2D eigenvalue weighted by atomic mass is 9.95. The molecule has 14 heteroatoms. The van der Waals surface area contributed by atoms with Gasteiger partial charge in [0.25, 0.3) is 6.43 Å². The van der Waals surface area contributed by atoms with Crippen LogP contribution in [0.5, 0.6) is 5.75 Å². The van der Waals surface area contributed by atoms with Crippen molar-refractivity contribution in [2.24, 2.45) is 0 Å². The number of fused-ring (bicyclic) bond motifs is 3. The van der Waals surface area contributed by atoms with Gasteiger partial charge in [0, 0.05) is 71.3 Å². The summed E-state index contributed by atoms with van der Waals surface area (Å²) in [5.41, 5.74) is 3.20. The average Bonchev–Trinajstić information content (AvgIpc) is 3.74. The summed E-state index contributed by atoms with van der Waals surface area (Å²) in [5, 5.41) is 17.8. The fraction of sp³-hybridized carbons (Fsp3) is 0.351. The first-order valence-corrected chi connectivity index (χ1v) is 17.4. The first-order valence-electron chi connectivity index (χ1n) is 16.6. The zero-order valence-electron chi connectivity index (χ0n) is 28.3. The second-order valence-corrected chi connectivity index (χ2v) is 14.4. The van der Waals surface area contributed by atoms with Crippen molar-refractivity contribution < 1.29 is 32.2 Å². The fourth-order valence-electron chi connectivity index (χ4n) is 6.82. The molecule has 1 atom stereocenters. The van der Waals surface area contributed by atoms with Crippen LogP contribution in [0, 0.1) is 11.6 Å². The predicted octanol–water partition coefficient (Wildman–Crippen LogP) is 7.03. The zero-order valence-corrected chi connectivity index (χ0v) is 29.1. The highest BCUT2D eigenvalue weighted by molar-refractivity contribution is 7.18. The minimum atomic E-state index is -2.46. The third-order valence-electron chi connectivity index (χ3n) is 9.21. The first kappa shape index (κ1) is 34.8. The Kier molecular flexibility index (Phi) is 9.19. The molecule has 0 fully saturated rings. The van der Waals surface area contributed by atoms with E-state index in [-0.39, 0.29) is 42.1 Å². The van der Waals surface area contributed by atoms with Crippen LogP contribution in [0.25, 0.3) is 43.9 Å². The standard InChI is InChI=1S/C37H36F4N6O3S/c1-5-31(48)46-9-10-47-28(20(46)2)15-27(44-47)35-33(32-25(39)13-23(38)14-29(32)50-19-37(3,4)49)36-24(7-11-51-36)34(43-35)21-12-22-17-45(18-30(40)41)8-6-26(22)42-16-21/h5,7,11-16,20,30,49H,1,6,8-10,17-19H2,2-4H3/t20-/m1/s1. The molecule has 9 nitrogen and oxygen atoms in total. The molecule has 6 heterocycles. The van der Waals surface area contributed by atoms with E-state index in [4.69, 9.17) is 19.8 Å². The quantitative estimate of drug-likeness (QED) is 0.129. The van der Waals surface area contributed by atoms with Gasteiger partial charge in [0.2, 0.25) is 5.91 Å². The first-order chi connectivity index (χ1) is 24.3. The number of nitrogens with zero attached hydrogens (tertiary/aromatic N) is 6. The molecule has 1 amide bonds. The summed E-state index contributed by atoms with van der Waals surface area (Å²) >= 11 is 1.33. The minimum absolute atomic E-state index is 0.0455. The fourth-order valence-corrected chi connectivity index (χ4v) is 7.77. The highest BCUT2D eigenvalue weighted by Crippen LogP contribution is 2.47. The number of carbonyl (C=O) groups is 1. The molecule has 1 aromatic carbocycles. The average molecular weight is 721 g/mol. The largest absolute Gasteiger partial charge is 0.490 e. The Bertz CT molecular complexity index is 2160. The van der Waals surface area contributed by atoms with Crippen LogP contribution in [0.15, 0.2) is 54.6 Å². The minimum Gasteiger partial charge on any atom is -0.490 e. The maximum atomic E-state index is 16.2. The Morgan fingerprint density at radius 3 is 2.71 bits per heavy atom. The van der Waals surface area contributed by atoms with Gasteiger partial charge in [0.05, 0.1) is 41.7 Å². The molecule has 4 aromatic heterocycles. The molecule has 0 saturated carbocycles. The van der Waals surface area contributed by atoms with Gasteiger partial charge in [0.1, 0.15) is 35.4 Å². The van der Waals surface area contributed by atoms with Gasteiger partial charge in [-0.1, -0.05) is 6.58 Å². The summed E-state index contributed by atoms with van der Waals surface area (Å²) in [7, 11) is 0. The van der Waals surface area contributed by atoms with Gasteiger partial charge < -0.3 is 14.7 Å². The summed E-state index contributed by atoms with van der Waals surface area (Å²) in [4.78, 5) is 25.9. The van der Waals surface area contributed by atoms with Crippen molar-refractivity contribution in [2.75, 3.05) is 26.2 Å². The van der Waals surface area contributed by atoms with E-state index in [1.807, 2.05) is 30.5 Å². The number of thiophene rings is 1. The summed E-state index contributed by atoms with van der Waals surface area (Å²) in [6, 6.07) is 7.09. The number of amides is 1. The van der Waals surface area contributed by atoms with Gasteiger partial charge in [0.15, 0.2) is 0 Å². The topological polar surface area (TPSA) is 96.6 Å². The van der Waals surface area contributed by atoms with Crippen molar-refractivity contribution in [2.45, 2.75) is 58.3 Å². The number of pyridine rings is 2. The van der Waals surface area contributed by atoms with E-state index < -0.39 is 23.7 Å². The number of ether oxygens (including phenoxy) is 1. The lowest BCUT2D eigenvalue weighted by Crippen LogP contribution is -2.40. The van der Waals surface area contributed by atoms with Crippen LogP contribution in [0.4, 0.5) is 17.6 Å². The van der Waals surface area contributed by atoms with Crippen molar-refractivity contribution in [3.63, 3.8) is 0 Å². The number of alkyl halides is 2. The van der Waals surface area contributed by atoms with E-state index in [1.165, 1.54) is 31.3 Å². The Balaban J connectivity index is 1.45. The summed E-state index contributed by atoms with van der Waals surface area (Å²) in [6.45, 7) is 9.58. The molecule has 5 aromatic rings. The maximum Gasteiger partial charge on any atom is 0.251 e. The van der Waals surface area contributed by atoms with Crippen molar-refractivity contribution >= 4 is 27.3 Å². The van der Waals surface area contributed by atoms with E-state index in [9.17, 15) is 23.1 Å². The Morgan fingerprint density at radius 2 is 1.96 bits per heavy atom. The lowest BCUT2D eigenvalue weighted by molar-refractivity contribution is -0.129. The van der Waals surface area contributed by atoms with E-state index in [0.717, 1.165) is 29.1 Å². The number of hydrogen-bond donors (Lipinski definition) is 1. The van der Waals surface area contributed by atoms with Gasteiger partial charge >= 0.3 is 0 Å². The molecule has 0 bridgehead atoms. The van der Waals surface area contributed by atoms with Gasteiger partial charge in [-0.05, 0) is 56.0 Å². The van der Waals surface area contributed by atoms with Crippen LogP contribution >= 0.6 is 11.3 Å². The molecule has 2 aliphatic heterocycles. The van der Waals surface area contributed by atoms with Crippen LogP contribution in [-0.4, -0.2) is 78.8 Å². The predicted molar refractivity (Wildman–Crippen MR) is 187 cm³/mol. The lowest BCUT2D eigenvalue weighted by Gasteiger charge is -2.33. The molecule has 266 valence electrons. The third-order valence-corrected chi connectivity index (χ3v) is 10.1. The smallest absolute Gasteiger partial charge is 0.251 e. The maximum absolute atomic E-state index is 16.2. The Labute approximate surface area is 295 Å². The number of carbonyl (C=O) groups excluding carboxylic acids is 1. The Hall–Kier alpha value is -4.66. The van der Waals surface area contributed by atoms with Crippen LogP contribution in [0.3, 0.4) is 0 Å². The number of aliphatic hydroxyl groups is 1. The molecule has 51 heavy (non-hydrogen) atoms. The second-order valence-electron chi connectivity index (χ2n) is 13.5. The molecule has 0 unspecified atom stereocenters. The number of hydrogen-bond acceptors (Lipinski definition) is 8. The molecule has 0 spiro atoms. The number of aromatic nitrogens is 4. The summed E-state index contributed by atoms with van der Waals surface area (Å²) in [5.74, 6) is -2.07. The molecule has 1 N–H and O–H groups in total. The number of halogens is 4. The highest BCUT2D eigenvalue weighted by atomic mass is 32.1. The molecule has 0 aliphatic carbocycles. The van der Waals surface area contributed by atoms with Gasteiger partial charge in [-0.2, -0.15) is 5.10 Å². The van der Waals surface area contributed by atoms with Gasteiger partial charge in [-0.25, -0.2) is 22.5 Å². The van der Waals surface area contributed by atoms with Crippen molar-refractivity contribution in [1.29, 1.82) is 0 Å². The van der Waals surface area contributed by atoms with Gasteiger partial charge in [-0.15, -0.1) is 11.3 Å². The van der Waals surface area contributed by atoms with Gasteiger partial charge in [-0.3, -0.25) is 19.4 Å². The Morgan fingerprint density at radius 1 is 1.16 bits per heavy atom. The molecule has 7 rings (SSSR count). The molecular formula is C37H36F4N6O3S. The molecular weight excluding hydrogens is 685 g/mol. The molecule has 0 saturated heterocycles. The van der Waals surface area contributed by atoms with E-state index in [2.05, 4.69) is 6.58 Å². The molecule has 2 aliphatic rings. The highest BCUT2D eigenvalue weighted by Gasteiger charge is 2.32. The van der Waals surface area contributed by atoms with Crippen molar-refractivity contribution in [3.05, 3.63) is 83.1 Å². The van der Waals surface area contributed by atoms with E-state index >= 15 is 4.39 Å². The number of rotatable bonds is 9. The monoisotopic (exact) mass is 720 g/mol. The third kappa shape index (κ3) is 6.75. The van der Waals surface area contributed by atoms with Crippen LogP contribution in [0.2, 0.25) is 0 Å². The number of benzene rings is 1.